The second-order valence-corrected chi connectivity index (χ2v) is 4.27. The largest absolute Gasteiger partial charge is 0.479 e. The van der Waals surface area contributed by atoms with E-state index in [9.17, 15) is 9.59 Å². The number of nitriles is 1. The smallest absolute Gasteiger partial charge is 0.334 e. The molecule has 1 unspecified atom stereocenters. The molecule has 1 atom stereocenters. The van der Waals surface area contributed by atoms with Crippen LogP contribution < -0.4 is 5.32 Å². The maximum Gasteiger partial charge on any atom is 0.334 e. The zero-order valence-electron chi connectivity index (χ0n) is 10.6. The van der Waals surface area contributed by atoms with Crippen LogP contribution in [-0.4, -0.2) is 47.8 Å². The number of hydrogen-bond acceptors (Lipinski definition) is 4. The van der Waals surface area contributed by atoms with Gasteiger partial charge in [0.2, 0.25) is 0 Å². The van der Waals surface area contributed by atoms with Crippen molar-refractivity contribution in [3.63, 3.8) is 0 Å². The molecule has 1 saturated heterocycles. The fraction of sp³-hybridized carbons (Fsp3) is 0.308. The molecule has 20 heavy (non-hydrogen) atoms. The van der Waals surface area contributed by atoms with Gasteiger partial charge in [-0.1, -0.05) is 6.07 Å². The van der Waals surface area contributed by atoms with Crippen LogP contribution in [0.15, 0.2) is 24.3 Å². The van der Waals surface area contributed by atoms with Crippen LogP contribution in [0.4, 0.5) is 10.5 Å². The van der Waals surface area contributed by atoms with E-state index in [1.807, 2.05) is 6.07 Å². The van der Waals surface area contributed by atoms with Crippen molar-refractivity contribution in [1.29, 1.82) is 5.26 Å². The number of nitrogens with one attached hydrogen (secondary N) is 1. The van der Waals surface area contributed by atoms with Crippen LogP contribution in [0, 0.1) is 11.3 Å². The van der Waals surface area contributed by atoms with Crippen molar-refractivity contribution in [3.8, 4) is 6.07 Å². The van der Waals surface area contributed by atoms with E-state index in [0.29, 0.717) is 17.8 Å². The van der Waals surface area contributed by atoms with E-state index in [1.54, 1.807) is 24.3 Å². The summed E-state index contributed by atoms with van der Waals surface area (Å²) in [5.74, 6) is -1.09. The number of hydrogen-bond donors (Lipinski definition) is 2. The molecular weight excluding hydrogens is 262 g/mol. The summed E-state index contributed by atoms with van der Waals surface area (Å²) in [5, 5.41) is 20.3. The van der Waals surface area contributed by atoms with E-state index in [2.05, 4.69) is 5.32 Å². The van der Waals surface area contributed by atoms with Crippen molar-refractivity contribution >= 4 is 17.7 Å². The molecule has 2 amide bonds. The van der Waals surface area contributed by atoms with Gasteiger partial charge in [-0.2, -0.15) is 5.26 Å². The summed E-state index contributed by atoms with van der Waals surface area (Å²) >= 11 is 0. The van der Waals surface area contributed by atoms with E-state index < -0.39 is 18.1 Å². The van der Waals surface area contributed by atoms with Crippen molar-refractivity contribution in [2.75, 3.05) is 25.0 Å². The van der Waals surface area contributed by atoms with Gasteiger partial charge in [-0.3, -0.25) is 0 Å². The van der Waals surface area contributed by atoms with Gasteiger partial charge in [0.05, 0.1) is 24.8 Å². The van der Waals surface area contributed by atoms with Gasteiger partial charge in [-0.05, 0) is 18.2 Å². The Morgan fingerprint density at radius 3 is 3.00 bits per heavy atom. The van der Waals surface area contributed by atoms with Gasteiger partial charge < -0.3 is 20.1 Å². The Kier molecular flexibility index (Phi) is 4.17. The first-order chi connectivity index (χ1) is 9.60. The number of carboxylic acid groups (broad SMARTS) is 1. The van der Waals surface area contributed by atoms with E-state index in [1.165, 1.54) is 4.90 Å². The van der Waals surface area contributed by atoms with Crippen LogP contribution in [0.1, 0.15) is 5.56 Å². The maximum atomic E-state index is 12.0. The quantitative estimate of drug-likeness (QED) is 0.833. The van der Waals surface area contributed by atoms with Crippen LogP contribution in [0.2, 0.25) is 0 Å². The molecule has 0 saturated carbocycles. The Morgan fingerprint density at radius 1 is 1.50 bits per heavy atom. The molecule has 7 nitrogen and oxygen atoms in total. The van der Waals surface area contributed by atoms with Crippen molar-refractivity contribution in [1.82, 2.24) is 4.90 Å². The van der Waals surface area contributed by atoms with Crippen molar-refractivity contribution in [3.05, 3.63) is 29.8 Å². The minimum Gasteiger partial charge on any atom is -0.479 e. The molecule has 2 N–H and O–H groups in total. The summed E-state index contributed by atoms with van der Waals surface area (Å²) in [6.07, 6.45) is -1.00. The number of urea groups is 1. The number of aliphatic carboxylic acids is 1. The summed E-state index contributed by atoms with van der Waals surface area (Å²) < 4.78 is 5.04. The van der Waals surface area contributed by atoms with Gasteiger partial charge in [0.25, 0.3) is 0 Å². The van der Waals surface area contributed by atoms with E-state index >= 15 is 0 Å². The normalized spacial score (nSPS) is 18.1. The first-order valence-corrected chi connectivity index (χ1v) is 6.00. The molecule has 0 aromatic heterocycles. The lowest BCUT2D eigenvalue weighted by atomic mass is 10.2. The molecule has 2 rings (SSSR count). The highest BCUT2D eigenvalue weighted by atomic mass is 16.5. The summed E-state index contributed by atoms with van der Waals surface area (Å²) in [7, 11) is 0. The fourth-order valence-corrected chi connectivity index (χ4v) is 1.85. The number of benzene rings is 1. The highest BCUT2D eigenvalue weighted by Crippen LogP contribution is 2.12. The first kappa shape index (κ1) is 13.8. The zero-order chi connectivity index (χ0) is 14.5. The van der Waals surface area contributed by atoms with Crippen molar-refractivity contribution in [2.45, 2.75) is 6.10 Å². The predicted octanol–water partition coefficient (Wildman–Crippen LogP) is 0.876. The number of nitrogens with zero attached hydrogens (tertiary/aromatic N) is 2. The minimum atomic E-state index is -1.09. The van der Waals surface area contributed by atoms with Crippen LogP contribution in [0.5, 0.6) is 0 Å². The molecule has 0 radical (unpaired) electrons. The van der Waals surface area contributed by atoms with Crippen LogP contribution in [-0.2, 0) is 9.53 Å². The fourth-order valence-electron chi connectivity index (χ4n) is 1.85. The van der Waals surface area contributed by atoms with Gasteiger partial charge in [0.1, 0.15) is 0 Å². The highest BCUT2D eigenvalue weighted by Gasteiger charge is 2.28. The molecule has 1 fully saturated rings. The predicted molar refractivity (Wildman–Crippen MR) is 69.1 cm³/mol. The third kappa shape index (κ3) is 3.24. The minimum absolute atomic E-state index is 0.000886. The average Bonchev–Trinajstić information content (AvgIpc) is 2.47. The summed E-state index contributed by atoms with van der Waals surface area (Å²) in [5.41, 5.74) is 0.931. The van der Waals surface area contributed by atoms with Crippen LogP contribution >= 0.6 is 0 Å². The molecule has 1 heterocycles. The number of morpholine rings is 1. The van der Waals surface area contributed by atoms with Crippen LogP contribution in [0.25, 0.3) is 0 Å². The molecule has 1 aliphatic rings. The summed E-state index contributed by atoms with van der Waals surface area (Å²) in [4.78, 5) is 24.2. The third-order valence-electron chi connectivity index (χ3n) is 2.87. The number of carbonyl (C=O) groups excluding carboxylic acids is 1. The van der Waals surface area contributed by atoms with E-state index in [-0.39, 0.29) is 13.2 Å². The highest BCUT2D eigenvalue weighted by molar-refractivity contribution is 5.90. The Morgan fingerprint density at radius 2 is 2.30 bits per heavy atom. The van der Waals surface area contributed by atoms with Gasteiger partial charge in [0, 0.05) is 12.2 Å². The van der Waals surface area contributed by atoms with Gasteiger partial charge in [-0.15, -0.1) is 0 Å². The van der Waals surface area contributed by atoms with E-state index in [4.69, 9.17) is 15.1 Å². The number of rotatable bonds is 2. The van der Waals surface area contributed by atoms with Crippen LogP contribution in [0.3, 0.4) is 0 Å². The van der Waals surface area contributed by atoms with Gasteiger partial charge >= 0.3 is 12.0 Å². The molecule has 1 aromatic rings. The molecule has 1 aromatic carbocycles. The Hall–Kier alpha value is -2.59. The second kappa shape index (κ2) is 6.04. The number of carboxylic acids is 1. The van der Waals surface area contributed by atoms with Gasteiger partial charge in [-0.25, -0.2) is 9.59 Å². The lowest BCUT2D eigenvalue weighted by Crippen LogP contribution is -2.49. The Labute approximate surface area is 115 Å². The lowest BCUT2D eigenvalue weighted by molar-refractivity contribution is -0.154. The van der Waals surface area contributed by atoms with Gasteiger partial charge in [0.15, 0.2) is 6.10 Å². The molecule has 104 valence electrons. The maximum absolute atomic E-state index is 12.0. The number of ether oxygens (including phenoxy) is 1. The number of anilines is 1. The standard InChI is InChI=1S/C13H13N3O4/c14-7-9-2-1-3-10(6-9)15-13(19)16-4-5-20-11(8-16)12(17)18/h1-3,6,11H,4-5,8H2,(H,15,19)(H,17,18). The molecule has 7 heteroatoms. The molecule has 0 aliphatic carbocycles. The third-order valence-corrected chi connectivity index (χ3v) is 2.87. The van der Waals surface area contributed by atoms with Crippen molar-refractivity contribution < 1.29 is 19.4 Å². The second-order valence-electron chi connectivity index (χ2n) is 4.27. The molecule has 0 bridgehead atoms. The zero-order valence-corrected chi connectivity index (χ0v) is 10.6. The number of amides is 2. The SMILES string of the molecule is N#Cc1cccc(NC(=O)N2CCOC(C(=O)O)C2)c1. The molecule has 0 spiro atoms. The molecule has 1 aliphatic heterocycles. The topological polar surface area (TPSA) is 103 Å². The monoisotopic (exact) mass is 275 g/mol. The Balaban J connectivity index is 2.01. The molecular formula is C13H13N3O4. The summed E-state index contributed by atoms with van der Waals surface area (Å²) in [6, 6.07) is 8.07. The van der Waals surface area contributed by atoms with E-state index in [0.717, 1.165) is 0 Å². The lowest BCUT2D eigenvalue weighted by Gasteiger charge is -2.30. The average molecular weight is 275 g/mol. The Bertz CT molecular complexity index is 567. The van der Waals surface area contributed by atoms with Crippen molar-refractivity contribution in [2.24, 2.45) is 0 Å². The summed E-state index contributed by atoms with van der Waals surface area (Å²) in [6.45, 7) is 0.509. The first-order valence-electron chi connectivity index (χ1n) is 6.00. The number of carbonyl (C=O) groups is 2.